The van der Waals surface area contributed by atoms with Gasteiger partial charge in [-0.25, -0.2) is 4.39 Å². The highest BCUT2D eigenvalue weighted by molar-refractivity contribution is 5.80. The molecule has 21 heavy (non-hydrogen) atoms. The summed E-state index contributed by atoms with van der Waals surface area (Å²) in [5, 5.41) is 8.75. The molecule has 2 heterocycles. The maximum absolute atomic E-state index is 13.2. The summed E-state index contributed by atoms with van der Waals surface area (Å²) in [5.74, 6) is 0.717. The first-order valence-electron chi connectivity index (χ1n) is 6.92. The van der Waals surface area contributed by atoms with Crippen molar-refractivity contribution < 1.29 is 4.39 Å². The third kappa shape index (κ3) is 3.11. The van der Waals surface area contributed by atoms with Crippen molar-refractivity contribution in [2.75, 3.05) is 13.6 Å². The van der Waals surface area contributed by atoms with Crippen LogP contribution in [0, 0.1) is 12.7 Å². The normalized spacial score (nSPS) is 11.6. The average molecular weight is 287 g/mol. The van der Waals surface area contributed by atoms with Gasteiger partial charge in [-0.05, 0) is 38.2 Å². The molecule has 0 saturated heterocycles. The number of aryl methyl sites for hydroxylation is 1. The van der Waals surface area contributed by atoms with Gasteiger partial charge in [0.25, 0.3) is 0 Å². The first kappa shape index (κ1) is 13.8. The lowest BCUT2D eigenvalue weighted by molar-refractivity contribution is 0.307. The molecule has 0 fully saturated rings. The number of hydrogen-bond donors (Lipinski definition) is 1. The zero-order chi connectivity index (χ0) is 14.8. The van der Waals surface area contributed by atoms with Crippen LogP contribution in [0.5, 0.6) is 0 Å². The fourth-order valence-electron chi connectivity index (χ4n) is 2.43. The van der Waals surface area contributed by atoms with Gasteiger partial charge in [0.1, 0.15) is 18.0 Å². The van der Waals surface area contributed by atoms with Gasteiger partial charge >= 0.3 is 0 Å². The summed E-state index contributed by atoms with van der Waals surface area (Å²) in [6.07, 6.45) is 1.74. The smallest absolute Gasteiger partial charge is 0.129 e. The lowest BCUT2D eigenvalue weighted by Crippen LogP contribution is -2.23. The number of aromatic amines is 1. The minimum Gasteiger partial charge on any atom is -0.357 e. The van der Waals surface area contributed by atoms with Crippen LogP contribution in [0.2, 0.25) is 0 Å². The van der Waals surface area contributed by atoms with Crippen molar-refractivity contribution in [3.8, 4) is 0 Å². The van der Waals surface area contributed by atoms with Crippen molar-refractivity contribution >= 4 is 10.9 Å². The number of benzene rings is 1. The van der Waals surface area contributed by atoms with E-state index in [1.807, 2.05) is 17.6 Å². The molecule has 1 N–H and O–H groups in total. The van der Waals surface area contributed by atoms with Crippen molar-refractivity contribution in [1.29, 1.82) is 0 Å². The predicted octanol–water partition coefficient (Wildman–Crippen LogP) is 2.34. The molecule has 0 amide bonds. The van der Waals surface area contributed by atoms with Crippen molar-refractivity contribution in [3.63, 3.8) is 0 Å². The Bertz CT molecular complexity index is 745. The highest BCUT2D eigenvalue weighted by Gasteiger charge is 2.06. The summed E-state index contributed by atoms with van der Waals surface area (Å²) < 4.78 is 15.2. The molecule has 0 aliphatic heterocycles. The molecule has 0 aliphatic rings. The number of rotatable bonds is 5. The van der Waals surface area contributed by atoms with Crippen LogP contribution in [0.15, 0.2) is 30.6 Å². The SMILES string of the molecule is Cc1nncn1CCN(C)Cc1cc2cc(F)ccc2[nH]1. The Hall–Kier alpha value is -2.21. The van der Waals surface area contributed by atoms with Crippen LogP contribution in [-0.4, -0.2) is 38.2 Å². The van der Waals surface area contributed by atoms with Gasteiger partial charge in [0.05, 0.1) is 0 Å². The number of halogens is 1. The van der Waals surface area contributed by atoms with Crippen molar-refractivity contribution in [3.05, 3.63) is 47.9 Å². The van der Waals surface area contributed by atoms with Crippen LogP contribution < -0.4 is 0 Å². The Morgan fingerprint density at radius 3 is 2.95 bits per heavy atom. The first-order valence-corrected chi connectivity index (χ1v) is 6.92. The summed E-state index contributed by atoms with van der Waals surface area (Å²) in [6, 6.07) is 6.80. The van der Waals surface area contributed by atoms with Crippen LogP contribution in [0.4, 0.5) is 4.39 Å². The second kappa shape index (κ2) is 5.65. The van der Waals surface area contributed by atoms with E-state index in [2.05, 4.69) is 27.1 Å². The highest BCUT2D eigenvalue weighted by Crippen LogP contribution is 2.17. The molecule has 0 atom stereocenters. The summed E-state index contributed by atoms with van der Waals surface area (Å²) in [4.78, 5) is 5.53. The van der Waals surface area contributed by atoms with Crippen molar-refractivity contribution in [2.45, 2.75) is 20.0 Å². The quantitative estimate of drug-likeness (QED) is 0.783. The van der Waals surface area contributed by atoms with E-state index in [0.717, 1.165) is 42.1 Å². The molecule has 3 aromatic rings. The molecule has 0 unspecified atom stereocenters. The molecule has 5 nitrogen and oxygen atoms in total. The van der Waals surface area contributed by atoms with E-state index in [-0.39, 0.29) is 5.82 Å². The maximum Gasteiger partial charge on any atom is 0.129 e. The molecule has 1 aromatic carbocycles. The number of nitrogens with zero attached hydrogens (tertiary/aromatic N) is 4. The third-order valence-electron chi connectivity index (χ3n) is 3.61. The van der Waals surface area contributed by atoms with Crippen molar-refractivity contribution in [2.24, 2.45) is 0 Å². The second-order valence-corrected chi connectivity index (χ2v) is 5.34. The van der Waals surface area contributed by atoms with E-state index < -0.39 is 0 Å². The van der Waals surface area contributed by atoms with Gasteiger partial charge in [-0.15, -0.1) is 10.2 Å². The van der Waals surface area contributed by atoms with Gasteiger partial charge in [-0.3, -0.25) is 4.90 Å². The topological polar surface area (TPSA) is 49.7 Å². The van der Waals surface area contributed by atoms with E-state index in [4.69, 9.17) is 0 Å². The fourth-order valence-corrected chi connectivity index (χ4v) is 2.43. The Balaban J connectivity index is 1.63. The maximum atomic E-state index is 13.2. The van der Waals surface area contributed by atoms with Gasteiger partial charge in [0.15, 0.2) is 0 Å². The van der Waals surface area contributed by atoms with Crippen molar-refractivity contribution in [1.82, 2.24) is 24.6 Å². The van der Waals surface area contributed by atoms with Gasteiger partial charge in [-0.1, -0.05) is 0 Å². The Kier molecular flexibility index (Phi) is 3.70. The number of likely N-dealkylation sites (N-methyl/N-ethyl adjacent to an activating group) is 1. The fraction of sp³-hybridized carbons (Fsp3) is 0.333. The summed E-state index contributed by atoms with van der Waals surface area (Å²) in [6.45, 7) is 4.48. The Morgan fingerprint density at radius 2 is 2.19 bits per heavy atom. The van der Waals surface area contributed by atoms with E-state index in [1.165, 1.54) is 6.07 Å². The van der Waals surface area contributed by atoms with Crippen LogP contribution >= 0.6 is 0 Å². The molecule has 0 bridgehead atoms. The third-order valence-corrected chi connectivity index (χ3v) is 3.61. The second-order valence-electron chi connectivity index (χ2n) is 5.34. The summed E-state index contributed by atoms with van der Waals surface area (Å²) >= 11 is 0. The lowest BCUT2D eigenvalue weighted by atomic mass is 10.2. The molecule has 2 aromatic heterocycles. The van der Waals surface area contributed by atoms with E-state index >= 15 is 0 Å². The molecule has 110 valence electrons. The molecule has 0 aliphatic carbocycles. The number of nitrogens with one attached hydrogen (secondary N) is 1. The van der Waals surface area contributed by atoms with Crippen LogP contribution in [0.25, 0.3) is 10.9 Å². The average Bonchev–Trinajstić information content (AvgIpc) is 3.01. The Labute approximate surface area is 122 Å². The monoisotopic (exact) mass is 287 g/mol. The highest BCUT2D eigenvalue weighted by atomic mass is 19.1. The number of hydrogen-bond acceptors (Lipinski definition) is 3. The van der Waals surface area contributed by atoms with E-state index in [9.17, 15) is 4.39 Å². The van der Waals surface area contributed by atoms with E-state index in [1.54, 1.807) is 18.5 Å². The van der Waals surface area contributed by atoms with Gasteiger partial charge in [-0.2, -0.15) is 0 Å². The molecular weight excluding hydrogens is 269 g/mol. The zero-order valence-corrected chi connectivity index (χ0v) is 12.2. The van der Waals surface area contributed by atoms with Crippen LogP contribution in [0.1, 0.15) is 11.5 Å². The van der Waals surface area contributed by atoms with E-state index in [0.29, 0.717) is 0 Å². The van der Waals surface area contributed by atoms with Gasteiger partial charge in [0, 0.05) is 36.2 Å². The minimum atomic E-state index is -0.204. The molecule has 3 rings (SSSR count). The molecule has 0 spiro atoms. The summed E-state index contributed by atoms with van der Waals surface area (Å²) in [5.41, 5.74) is 2.05. The summed E-state index contributed by atoms with van der Waals surface area (Å²) in [7, 11) is 2.06. The lowest BCUT2D eigenvalue weighted by Gasteiger charge is -2.16. The molecule has 6 heteroatoms. The van der Waals surface area contributed by atoms with Crippen LogP contribution in [0.3, 0.4) is 0 Å². The molecule has 0 saturated carbocycles. The predicted molar refractivity (Wildman–Crippen MR) is 79.3 cm³/mol. The number of aromatic nitrogens is 4. The number of H-pyrrole nitrogens is 1. The minimum absolute atomic E-state index is 0.204. The molecular formula is C15H18FN5. The van der Waals surface area contributed by atoms with Gasteiger partial charge < -0.3 is 9.55 Å². The Morgan fingerprint density at radius 1 is 1.33 bits per heavy atom. The largest absolute Gasteiger partial charge is 0.357 e. The van der Waals surface area contributed by atoms with Crippen LogP contribution in [-0.2, 0) is 13.1 Å². The first-order chi connectivity index (χ1) is 10.1. The zero-order valence-electron chi connectivity index (χ0n) is 12.2. The number of fused-ring (bicyclic) bond motifs is 1. The van der Waals surface area contributed by atoms with Gasteiger partial charge in [0.2, 0.25) is 0 Å². The molecule has 0 radical (unpaired) electrons. The standard InChI is InChI=1S/C15H18FN5/c1-11-19-17-10-21(11)6-5-20(2)9-14-8-12-7-13(16)3-4-15(12)18-14/h3-4,7-8,10,18H,5-6,9H2,1-2H3.